The predicted octanol–water partition coefficient (Wildman–Crippen LogP) is 7.51. The molecular weight excluding hydrogens is 404 g/mol. The number of hydrogen-bond donors (Lipinski definition) is 1. The number of imidazole rings is 1. The zero-order valence-corrected chi connectivity index (χ0v) is 19.7. The number of aromatic nitrogens is 2. The average molecular weight is 441 g/mol. The summed E-state index contributed by atoms with van der Waals surface area (Å²) in [5, 5.41) is 3.70. The van der Waals surface area contributed by atoms with E-state index < -0.39 is 0 Å². The monoisotopic (exact) mass is 440 g/mol. The first-order valence-corrected chi connectivity index (χ1v) is 12.4. The first-order chi connectivity index (χ1) is 16.3. The Labute approximate surface area is 198 Å². The standard InChI is InChI=1S/C29H36N4/c1-3-30-21-25-14-10-11-15-27(25)23(2)26-20-28(29-32-18-19-33(29)22-26)31-17-16-24-12-8-6-4-5-7-9-13-24/h3,10-11,14-15,18-22,24,31H,1-2,4-9,12-13,16-17H2/b30-21-. The van der Waals surface area contributed by atoms with Gasteiger partial charge in [0.05, 0.1) is 5.69 Å². The molecule has 0 atom stereocenters. The molecule has 2 aromatic heterocycles. The van der Waals surface area contributed by atoms with Gasteiger partial charge in [-0.05, 0) is 29.5 Å². The van der Waals surface area contributed by atoms with Gasteiger partial charge in [-0.25, -0.2) is 4.98 Å². The molecule has 1 saturated carbocycles. The Kier molecular flexibility index (Phi) is 8.13. The zero-order chi connectivity index (χ0) is 22.9. The highest BCUT2D eigenvalue weighted by Crippen LogP contribution is 2.29. The van der Waals surface area contributed by atoms with Crippen LogP contribution in [0.1, 0.15) is 74.5 Å². The summed E-state index contributed by atoms with van der Waals surface area (Å²) in [6.07, 6.45) is 21.7. The maximum Gasteiger partial charge on any atom is 0.160 e. The molecule has 33 heavy (non-hydrogen) atoms. The zero-order valence-electron chi connectivity index (χ0n) is 19.7. The van der Waals surface area contributed by atoms with Crippen LogP contribution in [0.5, 0.6) is 0 Å². The van der Waals surface area contributed by atoms with E-state index in [1.54, 1.807) is 6.20 Å². The molecule has 1 aliphatic carbocycles. The molecule has 0 bridgehead atoms. The minimum absolute atomic E-state index is 0.834. The Balaban J connectivity index is 1.52. The summed E-state index contributed by atoms with van der Waals surface area (Å²) in [5.41, 5.74) is 6.17. The molecular formula is C29H36N4. The third-order valence-corrected chi connectivity index (χ3v) is 6.78. The van der Waals surface area contributed by atoms with Crippen LogP contribution in [0.4, 0.5) is 5.69 Å². The van der Waals surface area contributed by atoms with Gasteiger partial charge < -0.3 is 9.72 Å². The lowest BCUT2D eigenvalue weighted by molar-refractivity contribution is 0.409. The smallest absolute Gasteiger partial charge is 0.160 e. The van der Waals surface area contributed by atoms with E-state index in [4.69, 9.17) is 0 Å². The van der Waals surface area contributed by atoms with Gasteiger partial charge in [0.15, 0.2) is 5.65 Å². The summed E-state index contributed by atoms with van der Waals surface area (Å²) in [7, 11) is 0. The number of hydrogen-bond acceptors (Lipinski definition) is 3. The normalized spacial score (nSPS) is 15.8. The van der Waals surface area contributed by atoms with Crippen LogP contribution in [-0.2, 0) is 0 Å². The van der Waals surface area contributed by atoms with E-state index in [1.165, 1.54) is 57.8 Å². The average Bonchev–Trinajstić information content (AvgIpc) is 3.36. The third kappa shape index (κ3) is 6.01. The van der Waals surface area contributed by atoms with E-state index in [0.717, 1.165) is 46.1 Å². The molecule has 0 spiro atoms. The predicted molar refractivity (Wildman–Crippen MR) is 141 cm³/mol. The topological polar surface area (TPSA) is 41.7 Å². The third-order valence-electron chi connectivity index (χ3n) is 6.78. The molecule has 0 aliphatic heterocycles. The summed E-state index contributed by atoms with van der Waals surface area (Å²) in [5.74, 6) is 0.834. The van der Waals surface area contributed by atoms with Crippen LogP contribution >= 0.6 is 0 Å². The van der Waals surface area contributed by atoms with Crippen LogP contribution in [0.2, 0.25) is 0 Å². The SMILES string of the molecule is C=C/N=C\c1ccccc1C(=C)c1cc(NCCC2CCCCCCCC2)c2nccn2c1. The second-order valence-electron chi connectivity index (χ2n) is 9.11. The fraction of sp³-hybridized carbons (Fsp3) is 0.379. The number of pyridine rings is 1. The number of aliphatic imine (C=N–C) groups is 1. The number of nitrogens with one attached hydrogen (secondary N) is 1. The molecule has 2 heterocycles. The van der Waals surface area contributed by atoms with Crippen molar-refractivity contribution in [3.63, 3.8) is 0 Å². The number of anilines is 1. The van der Waals surface area contributed by atoms with Crippen LogP contribution in [0.15, 0.2) is 73.3 Å². The second-order valence-corrected chi connectivity index (χ2v) is 9.11. The molecule has 3 aromatic rings. The van der Waals surface area contributed by atoms with Crippen molar-refractivity contribution in [1.29, 1.82) is 0 Å². The van der Waals surface area contributed by atoms with Gasteiger partial charge in [0, 0.05) is 48.7 Å². The van der Waals surface area contributed by atoms with Crippen molar-refractivity contribution in [2.24, 2.45) is 10.9 Å². The Bertz CT molecular complexity index is 1100. The molecule has 4 nitrogen and oxygen atoms in total. The summed E-state index contributed by atoms with van der Waals surface area (Å²) in [4.78, 5) is 8.81. The highest BCUT2D eigenvalue weighted by molar-refractivity contribution is 5.93. The molecule has 4 rings (SSSR count). The number of nitrogens with zero attached hydrogens (tertiary/aromatic N) is 3. The van der Waals surface area contributed by atoms with Crippen molar-refractivity contribution >= 4 is 23.1 Å². The van der Waals surface area contributed by atoms with E-state index in [2.05, 4.69) is 57.2 Å². The van der Waals surface area contributed by atoms with Crippen LogP contribution in [0.3, 0.4) is 0 Å². The Morgan fingerprint density at radius 2 is 1.88 bits per heavy atom. The second kappa shape index (κ2) is 11.6. The van der Waals surface area contributed by atoms with E-state index in [-0.39, 0.29) is 0 Å². The molecule has 1 aromatic carbocycles. The van der Waals surface area contributed by atoms with Crippen molar-refractivity contribution in [3.05, 3.63) is 85.0 Å². The van der Waals surface area contributed by atoms with Crippen molar-refractivity contribution in [3.8, 4) is 0 Å². The lowest BCUT2D eigenvalue weighted by Crippen LogP contribution is -2.10. The molecule has 0 radical (unpaired) electrons. The summed E-state index contributed by atoms with van der Waals surface area (Å²) >= 11 is 0. The van der Waals surface area contributed by atoms with Gasteiger partial charge in [0.25, 0.3) is 0 Å². The van der Waals surface area contributed by atoms with Crippen LogP contribution in [-0.4, -0.2) is 22.1 Å². The molecule has 0 saturated heterocycles. The number of benzene rings is 1. The van der Waals surface area contributed by atoms with Gasteiger partial charge in [-0.1, -0.05) is 88.8 Å². The molecule has 1 aliphatic rings. The van der Waals surface area contributed by atoms with Crippen LogP contribution in [0.25, 0.3) is 11.2 Å². The maximum absolute atomic E-state index is 4.59. The first kappa shape index (κ1) is 23.0. The lowest BCUT2D eigenvalue weighted by atomic mass is 9.93. The minimum Gasteiger partial charge on any atom is -0.382 e. The highest BCUT2D eigenvalue weighted by atomic mass is 15.0. The largest absolute Gasteiger partial charge is 0.382 e. The highest BCUT2D eigenvalue weighted by Gasteiger charge is 2.13. The van der Waals surface area contributed by atoms with Gasteiger partial charge in [0.1, 0.15) is 0 Å². The van der Waals surface area contributed by atoms with Crippen molar-refractivity contribution in [2.75, 3.05) is 11.9 Å². The minimum atomic E-state index is 0.834. The molecule has 1 N–H and O–H groups in total. The fourth-order valence-corrected chi connectivity index (χ4v) is 4.92. The molecule has 1 fully saturated rings. The molecule has 4 heteroatoms. The molecule has 172 valence electrons. The van der Waals surface area contributed by atoms with Crippen molar-refractivity contribution in [1.82, 2.24) is 9.38 Å². The van der Waals surface area contributed by atoms with E-state index >= 15 is 0 Å². The van der Waals surface area contributed by atoms with Gasteiger partial charge in [-0.2, -0.15) is 0 Å². The van der Waals surface area contributed by atoms with Crippen molar-refractivity contribution < 1.29 is 0 Å². The van der Waals surface area contributed by atoms with E-state index in [0.29, 0.717) is 0 Å². The maximum atomic E-state index is 4.59. The number of fused-ring (bicyclic) bond motifs is 1. The molecule has 0 unspecified atom stereocenters. The van der Waals surface area contributed by atoms with E-state index in [9.17, 15) is 0 Å². The summed E-state index contributed by atoms with van der Waals surface area (Å²) in [6.45, 7) is 9.09. The van der Waals surface area contributed by atoms with Crippen molar-refractivity contribution in [2.45, 2.75) is 57.8 Å². The summed E-state index contributed by atoms with van der Waals surface area (Å²) in [6, 6.07) is 10.4. The lowest BCUT2D eigenvalue weighted by Gasteiger charge is -2.18. The number of rotatable bonds is 8. The van der Waals surface area contributed by atoms with Gasteiger partial charge in [-0.15, -0.1) is 0 Å². The van der Waals surface area contributed by atoms with Gasteiger partial charge >= 0.3 is 0 Å². The Hall–Kier alpha value is -3.14. The quantitative estimate of drug-likeness (QED) is 0.368. The van der Waals surface area contributed by atoms with Gasteiger partial charge in [0.2, 0.25) is 0 Å². The Morgan fingerprint density at radius 1 is 1.12 bits per heavy atom. The summed E-state index contributed by atoms with van der Waals surface area (Å²) < 4.78 is 2.09. The Morgan fingerprint density at radius 3 is 2.67 bits per heavy atom. The van der Waals surface area contributed by atoms with Crippen LogP contribution in [0, 0.1) is 5.92 Å². The fourth-order valence-electron chi connectivity index (χ4n) is 4.92. The van der Waals surface area contributed by atoms with Gasteiger partial charge in [-0.3, -0.25) is 4.99 Å². The van der Waals surface area contributed by atoms with Crippen LogP contribution < -0.4 is 5.32 Å². The van der Waals surface area contributed by atoms with E-state index in [1.807, 2.05) is 30.7 Å². The first-order valence-electron chi connectivity index (χ1n) is 12.4. The molecule has 0 amide bonds.